The second kappa shape index (κ2) is 9.20. The van der Waals surface area contributed by atoms with Crippen molar-refractivity contribution < 1.29 is 36.9 Å². The summed E-state index contributed by atoms with van der Waals surface area (Å²) in [5.74, 6) is -2.21. The number of halogens is 3. The van der Waals surface area contributed by atoms with Crippen molar-refractivity contribution in [2.75, 3.05) is 46.8 Å². The molecule has 0 fully saturated rings. The van der Waals surface area contributed by atoms with Gasteiger partial charge in [-0.15, -0.1) is 0 Å². The average molecular weight is 260 g/mol. The highest BCUT2D eigenvalue weighted by Gasteiger charge is 2.40. The molecule has 8 heteroatoms. The van der Waals surface area contributed by atoms with Crippen LogP contribution in [0.3, 0.4) is 0 Å². The van der Waals surface area contributed by atoms with Gasteiger partial charge in [0.15, 0.2) is 0 Å². The molecular weight excluding hydrogens is 245 g/mol. The summed E-state index contributed by atoms with van der Waals surface area (Å²) in [5.41, 5.74) is 0. The molecule has 0 saturated carbocycles. The summed E-state index contributed by atoms with van der Waals surface area (Å²) in [6.45, 7) is 0.863. The largest absolute Gasteiger partial charge is 0.490 e. The third-order valence-corrected chi connectivity index (χ3v) is 1.50. The van der Waals surface area contributed by atoms with Crippen LogP contribution < -0.4 is 0 Å². The van der Waals surface area contributed by atoms with Crippen molar-refractivity contribution in [1.82, 2.24) is 0 Å². The lowest BCUT2D eigenvalue weighted by Gasteiger charge is -2.08. The molecule has 0 N–H and O–H groups in total. The molecule has 0 aromatic rings. The average Bonchev–Trinajstić information content (AvgIpc) is 2.25. The fourth-order valence-electron chi connectivity index (χ4n) is 0.739. The van der Waals surface area contributed by atoms with Gasteiger partial charge in [0, 0.05) is 7.11 Å². The van der Waals surface area contributed by atoms with E-state index in [1.54, 1.807) is 0 Å². The standard InChI is InChI=1S/C9H15F3O5/c1-14-2-3-15-4-5-16-6-7-17-8(13)9(10,11)12/h2-7H2,1H3. The lowest BCUT2D eigenvalue weighted by Crippen LogP contribution is -2.26. The van der Waals surface area contributed by atoms with E-state index in [1.807, 2.05) is 0 Å². The number of methoxy groups -OCH3 is 1. The summed E-state index contributed by atoms with van der Waals surface area (Å²) < 4.78 is 53.5. The number of carbonyl (C=O) groups is 1. The molecule has 0 aliphatic rings. The predicted octanol–water partition coefficient (Wildman–Crippen LogP) is 0.771. The third-order valence-electron chi connectivity index (χ3n) is 1.50. The first-order valence-corrected chi connectivity index (χ1v) is 4.87. The van der Waals surface area contributed by atoms with E-state index < -0.39 is 18.8 Å². The number of ether oxygens (including phenoxy) is 4. The molecule has 0 spiro atoms. The molecule has 0 aliphatic carbocycles. The fourth-order valence-corrected chi connectivity index (χ4v) is 0.739. The number of alkyl halides is 3. The molecule has 0 saturated heterocycles. The molecule has 0 atom stereocenters. The molecule has 0 unspecified atom stereocenters. The zero-order valence-electron chi connectivity index (χ0n) is 9.42. The lowest BCUT2D eigenvalue weighted by molar-refractivity contribution is -0.200. The molecule has 102 valence electrons. The molecule has 0 bridgehead atoms. The molecule has 5 nitrogen and oxygen atoms in total. The van der Waals surface area contributed by atoms with Crippen LogP contribution in [-0.4, -0.2) is 58.9 Å². The van der Waals surface area contributed by atoms with Crippen LogP contribution in [0.2, 0.25) is 0 Å². The highest BCUT2D eigenvalue weighted by molar-refractivity contribution is 5.75. The molecule has 0 aromatic heterocycles. The van der Waals surface area contributed by atoms with Crippen LogP contribution in [0.5, 0.6) is 0 Å². The maximum atomic E-state index is 11.7. The van der Waals surface area contributed by atoms with E-state index in [0.29, 0.717) is 19.8 Å². The van der Waals surface area contributed by atoms with Crippen LogP contribution >= 0.6 is 0 Å². The Labute approximate surface area is 96.8 Å². The van der Waals surface area contributed by atoms with Gasteiger partial charge < -0.3 is 18.9 Å². The molecule has 0 radical (unpaired) electrons. The van der Waals surface area contributed by atoms with Gasteiger partial charge in [0.05, 0.1) is 33.0 Å². The zero-order chi connectivity index (χ0) is 13.1. The van der Waals surface area contributed by atoms with Gasteiger partial charge in [-0.25, -0.2) is 4.79 Å². The molecule has 0 rings (SSSR count). The third kappa shape index (κ3) is 10.0. The first kappa shape index (κ1) is 16.1. The SMILES string of the molecule is COCCOCCOCCOC(=O)C(F)(F)F. The van der Waals surface area contributed by atoms with Crippen molar-refractivity contribution in [3.8, 4) is 0 Å². The Morgan fingerprint density at radius 2 is 1.41 bits per heavy atom. The van der Waals surface area contributed by atoms with Crippen molar-refractivity contribution in [3.63, 3.8) is 0 Å². The van der Waals surface area contributed by atoms with Gasteiger partial charge in [0.25, 0.3) is 0 Å². The summed E-state index contributed by atoms with van der Waals surface area (Å²) >= 11 is 0. The monoisotopic (exact) mass is 260 g/mol. The second-order valence-corrected chi connectivity index (χ2v) is 2.85. The Bertz CT molecular complexity index is 207. The highest BCUT2D eigenvalue weighted by atomic mass is 19.4. The van der Waals surface area contributed by atoms with Crippen LogP contribution in [0.1, 0.15) is 0 Å². The Hall–Kier alpha value is -0.860. The van der Waals surface area contributed by atoms with Crippen LogP contribution in [0.15, 0.2) is 0 Å². The smallest absolute Gasteiger partial charge is 0.457 e. The van der Waals surface area contributed by atoms with Crippen molar-refractivity contribution >= 4 is 5.97 Å². The van der Waals surface area contributed by atoms with Crippen molar-refractivity contribution in [3.05, 3.63) is 0 Å². The van der Waals surface area contributed by atoms with E-state index in [0.717, 1.165) is 0 Å². The predicted molar refractivity (Wildman–Crippen MR) is 50.5 cm³/mol. The van der Waals surface area contributed by atoms with Gasteiger partial charge in [-0.2, -0.15) is 13.2 Å². The first-order valence-electron chi connectivity index (χ1n) is 4.87. The van der Waals surface area contributed by atoms with Gasteiger partial charge in [-0.05, 0) is 0 Å². The number of hydrogen-bond acceptors (Lipinski definition) is 5. The normalized spacial score (nSPS) is 11.5. The van der Waals surface area contributed by atoms with Crippen molar-refractivity contribution in [2.24, 2.45) is 0 Å². The van der Waals surface area contributed by atoms with E-state index in [2.05, 4.69) is 4.74 Å². The topological polar surface area (TPSA) is 54.0 Å². The Balaban J connectivity index is 3.22. The maximum absolute atomic E-state index is 11.7. The Kier molecular flexibility index (Phi) is 8.73. The number of hydrogen-bond donors (Lipinski definition) is 0. The minimum Gasteiger partial charge on any atom is -0.457 e. The summed E-state index contributed by atoms with van der Waals surface area (Å²) in [5, 5.41) is 0. The van der Waals surface area contributed by atoms with Crippen LogP contribution in [-0.2, 0) is 23.7 Å². The van der Waals surface area contributed by atoms with Crippen molar-refractivity contribution in [1.29, 1.82) is 0 Å². The van der Waals surface area contributed by atoms with Crippen LogP contribution in [0, 0.1) is 0 Å². The molecule has 17 heavy (non-hydrogen) atoms. The summed E-state index contributed by atoms with van der Waals surface area (Å²) in [7, 11) is 1.54. The van der Waals surface area contributed by atoms with Crippen LogP contribution in [0.25, 0.3) is 0 Å². The quantitative estimate of drug-likeness (QED) is 0.453. The molecule has 0 aromatic carbocycles. The fraction of sp³-hybridized carbons (Fsp3) is 0.889. The van der Waals surface area contributed by atoms with E-state index >= 15 is 0 Å². The molecule has 0 amide bonds. The minimum absolute atomic E-state index is 0.102. The van der Waals surface area contributed by atoms with E-state index in [9.17, 15) is 18.0 Å². The first-order chi connectivity index (χ1) is 7.98. The van der Waals surface area contributed by atoms with Gasteiger partial charge in [-0.3, -0.25) is 0 Å². The molecular formula is C9H15F3O5. The Morgan fingerprint density at radius 1 is 0.941 bits per heavy atom. The second-order valence-electron chi connectivity index (χ2n) is 2.85. The number of rotatable bonds is 9. The van der Waals surface area contributed by atoms with E-state index in [1.165, 1.54) is 7.11 Å². The number of carbonyl (C=O) groups excluding carboxylic acids is 1. The highest BCUT2D eigenvalue weighted by Crippen LogP contribution is 2.15. The van der Waals surface area contributed by atoms with Gasteiger partial charge in [-0.1, -0.05) is 0 Å². The van der Waals surface area contributed by atoms with E-state index in [4.69, 9.17) is 14.2 Å². The van der Waals surface area contributed by atoms with Gasteiger partial charge >= 0.3 is 12.1 Å². The molecule has 0 aliphatic heterocycles. The van der Waals surface area contributed by atoms with Gasteiger partial charge in [0.2, 0.25) is 0 Å². The lowest BCUT2D eigenvalue weighted by atomic mass is 10.6. The maximum Gasteiger partial charge on any atom is 0.490 e. The van der Waals surface area contributed by atoms with Crippen LogP contribution in [0.4, 0.5) is 13.2 Å². The minimum atomic E-state index is -4.96. The van der Waals surface area contributed by atoms with Crippen molar-refractivity contribution in [2.45, 2.75) is 6.18 Å². The summed E-state index contributed by atoms with van der Waals surface area (Å²) in [4.78, 5) is 10.2. The summed E-state index contributed by atoms with van der Waals surface area (Å²) in [6.07, 6.45) is -4.96. The Morgan fingerprint density at radius 3 is 1.88 bits per heavy atom. The summed E-state index contributed by atoms with van der Waals surface area (Å²) in [6, 6.07) is 0. The van der Waals surface area contributed by atoms with Gasteiger partial charge in [0.1, 0.15) is 6.61 Å². The number of esters is 1. The zero-order valence-corrected chi connectivity index (χ0v) is 9.42. The molecule has 0 heterocycles. The van der Waals surface area contributed by atoms with E-state index in [-0.39, 0.29) is 13.2 Å².